The molecule has 0 aliphatic rings. The predicted octanol–water partition coefficient (Wildman–Crippen LogP) is 3.96. The summed E-state index contributed by atoms with van der Waals surface area (Å²) in [6.07, 6.45) is 2.98. The summed E-state index contributed by atoms with van der Waals surface area (Å²) in [7, 11) is 1.50. The molecule has 0 aliphatic carbocycles. The van der Waals surface area contributed by atoms with E-state index >= 15 is 0 Å². The fraction of sp³-hybridized carbons (Fsp3) is 0.125. The number of hydrogen-bond acceptors (Lipinski definition) is 6. The third-order valence-electron chi connectivity index (χ3n) is 4.39. The van der Waals surface area contributed by atoms with Gasteiger partial charge in [0.2, 0.25) is 0 Å². The largest absolute Gasteiger partial charge is 0.493 e. The number of hydrogen-bond donors (Lipinski definition) is 1. The van der Waals surface area contributed by atoms with Gasteiger partial charge >= 0.3 is 0 Å². The van der Waals surface area contributed by atoms with Crippen LogP contribution in [0, 0.1) is 22.7 Å². The molecule has 0 radical (unpaired) electrons. The quantitative estimate of drug-likeness (QED) is 0.442. The van der Waals surface area contributed by atoms with Crippen molar-refractivity contribution in [2.75, 3.05) is 7.11 Å². The van der Waals surface area contributed by atoms with Gasteiger partial charge in [-0.2, -0.15) is 10.5 Å². The fourth-order valence-corrected chi connectivity index (χ4v) is 2.79. The lowest BCUT2D eigenvalue weighted by molar-refractivity contribution is -0.117. The monoisotopic (exact) mass is 413 g/mol. The van der Waals surface area contributed by atoms with E-state index in [-0.39, 0.29) is 18.7 Å². The van der Waals surface area contributed by atoms with Crippen molar-refractivity contribution in [3.05, 3.63) is 88.9 Å². The summed E-state index contributed by atoms with van der Waals surface area (Å²) >= 11 is 0. The van der Waals surface area contributed by atoms with Crippen LogP contribution < -0.4 is 14.8 Å². The molecule has 7 heteroatoms. The summed E-state index contributed by atoms with van der Waals surface area (Å²) in [5.74, 6) is 1.00. The molecule has 154 valence electrons. The van der Waals surface area contributed by atoms with Gasteiger partial charge in [-0.25, -0.2) is 0 Å². The highest BCUT2D eigenvalue weighted by Gasteiger charge is 2.12. The van der Waals surface area contributed by atoms with E-state index in [1.807, 2.05) is 18.2 Å². The topological polar surface area (TPSA) is 108 Å². The van der Waals surface area contributed by atoms with Gasteiger partial charge in [0.05, 0.1) is 31.6 Å². The molecule has 1 heterocycles. The van der Waals surface area contributed by atoms with E-state index in [0.29, 0.717) is 28.4 Å². The third-order valence-corrected chi connectivity index (χ3v) is 4.39. The molecule has 0 spiro atoms. The molecule has 0 aliphatic heterocycles. The van der Waals surface area contributed by atoms with Crippen molar-refractivity contribution in [1.29, 1.82) is 10.5 Å². The normalized spacial score (nSPS) is 10.6. The van der Waals surface area contributed by atoms with Gasteiger partial charge in [0, 0.05) is 5.56 Å². The molecule has 1 N–H and O–H groups in total. The maximum Gasteiger partial charge on any atom is 0.262 e. The standard InChI is InChI=1S/C24H19N3O4/c1-29-23-12-17(11-20(14-26)24(28)27-15-21-7-4-10-30-21)8-9-22(23)31-16-19-6-3-2-5-18(19)13-25/h2-12H,15-16H2,1H3,(H,27,28). The van der Waals surface area contributed by atoms with Crippen LogP contribution in [0.25, 0.3) is 6.08 Å². The van der Waals surface area contributed by atoms with Crippen molar-refractivity contribution in [3.8, 4) is 23.6 Å². The molecule has 3 rings (SSSR count). The first-order valence-electron chi connectivity index (χ1n) is 9.36. The van der Waals surface area contributed by atoms with Crippen molar-refractivity contribution < 1.29 is 18.7 Å². The van der Waals surface area contributed by atoms with Crippen molar-refractivity contribution in [2.45, 2.75) is 13.2 Å². The Morgan fingerprint density at radius 2 is 1.97 bits per heavy atom. The lowest BCUT2D eigenvalue weighted by Crippen LogP contribution is -2.23. The Labute approximate surface area is 179 Å². The number of methoxy groups -OCH3 is 1. The van der Waals surface area contributed by atoms with Crippen molar-refractivity contribution in [2.24, 2.45) is 0 Å². The summed E-state index contributed by atoms with van der Waals surface area (Å²) in [5.41, 5.74) is 1.85. The van der Waals surface area contributed by atoms with Gasteiger partial charge < -0.3 is 19.2 Å². The summed E-state index contributed by atoms with van der Waals surface area (Å²) in [6, 6.07) is 19.7. The van der Waals surface area contributed by atoms with Gasteiger partial charge in [-0.15, -0.1) is 0 Å². The minimum absolute atomic E-state index is 0.0507. The van der Waals surface area contributed by atoms with E-state index in [2.05, 4.69) is 11.4 Å². The smallest absolute Gasteiger partial charge is 0.262 e. The van der Waals surface area contributed by atoms with Gasteiger partial charge in [0.25, 0.3) is 5.91 Å². The maximum absolute atomic E-state index is 12.3. The molecule has 2 aromatic carbocycles. The summed E-state index contributed by atoms with van der Waals surface area (Å²) in [4.78, 5) is 12.3. The second-order valence-corrected chi connectivity index (χ2v) is 6.40. The number of amides is 1. The molecule has 1 aromatic heterocycles. The summed E-state index contributed by atoms with van der Waals surface area (Å²) in [6.45, 7) is 0.388. The van der Waals surface area contributed by atoms with Crippen LogP contribution in [0.5, 0.6) is 11.5 Å². The third kappa shape index (κ3) is 5.53. The number of nitriles is 2. The minimum Gasteiger partial charge on any atom is -0.493 e. The van der Waals surface area contributed by atoms with Gasteiger partial charge in [-0.1, -0.05) is 24.3 Å². The van der Waals surface area contributed by atoms with Gasteiger partial charge in [0.15, 0.2) is 11.5 Å². The lowest BCUT2D eigenvalue weighted by Gasteiger charge is -2.12. The zero-order chi connectivity index (χ0) is 22.1. The molecular weight excluding hydrogens is 394 g/mol. The van der Waals surface area contributed by atoms with Crippen LogP contribution in [0.3, 0.4) is 0 Å². The van der Waals surface area contributed by atoms with E-state index in [4.69, 9.17) is 13.9 Å². The van der Waals surface area contributed by atoms with Gasteiger partial charge in [-0.3, -0.25) is 4.79 Å². The van der Waals surface area contributed by atoms with E-state index in [1.54, 1.807) is 42.5 Å². The first kappa shape index (κ1) is 21.2. The summed E-state index contributed by atoms with van der Waals surface area (Å²) < 4.78 is 16.4. The van der Waals surface area contributed by atoms with Crippen LogP contribution in [0.1, 0.15) is 22.5 Å². The van der Waals surface area contributed by atoms with Crippen molar-refractivity contribution >= 4 is 12.0 Å². The van der Waals surface area contributed by atoms with Crippen LogP contribution in [0.2, 0.25) is 0 Å². The predicted molar refractivity (Wildman–Crippen MR) is 113 cm³/mol. The highest BCUT2D eigenvalue weighted by molar-refractivity contribution is 6.01. The average molecular weight is 413 g/mol. The maximum atomic E-state index is 12.3. The van der Waals surface area contributed by atoms with Gasteiger partial charge in [-0.05, 0) is 42.0 Å². The van der Waals surface area contributed by atoms with Crippen LogP contribution in [-0.4, -0.2) is 13.0 Å². The number of nitrogens with zero attached hydrogens (tertiary/aromatic N) is 2. The van der Waals surface area contributed by atoms with Crippen LogP contribution in [0.15, 0.2) is 70.9 Å². The zero-order valence-electron chi connectivity index (χ0n) is 16.8. The first-order valence-corrected chi connectivity index (χ1v) is 9.36. The second-order valence-electron chi connectivity index (χ2n) is 6.40. The molecule has 0 saturated heterocycles. The Bertz CT molecular complexity index is 1170. The van der Waals surface area contributed by atoms with Crippen molar-refractivity contribution in [1.82, 2.24) is 5.32 Å². The molecule has 0 atom stereocenters. The molecule has 3 aromatic rings. The minimum atomic E-state index is -0.508. The van der Waals surface area contributed by atoms with Gasteiger partial charge in [0.1, 0.15) is 24.0 Å². The van der Waals surface area contributed by atoms with Crippen molar-refractivity contribution in [3.63, 3.8) is 0 Å². The Balaban J connectivity index is 1.72. The second kappa shape index (κ2) is 10.3. The highest BCUT2D eigenvalue weighted by Crippen LogP contribution is 2.30. The van der Waals surface area contributed by atoms with Crippen LogP contribution >= 0.6 is 0 Å². The lowest BCUT2D eigenvalue weighted by atomic mass is 10.1. The number of ether oxygens (including phenoxy) is 2. The number of benzene rings is 2. The van der Waals surface area contributed by atoms with E-state index in [9.17, 15) is 15.3 Å². The molecule has 0 unspecified atom stereocenters. The molecule has 7 nitrogen and oxygen atoms in total. The van der Waals surface area contributed by atoms with Crippen LogP contribution in [-0.2, 0) is 17.9 Å². The number of rotatable bonds is 8. The molecular formula is C24H19N3O4. The number of furan rings is 1. The molecule has 31 heavy (non-hydrogen) atoms. The number of carbonyl (C=O) groups is 1. The summed E-state index contributed by atoms with van der Waals surface area (Å²) in [5, 5.41) is 21.2. The van der Waals surface area contributed by atoms with E-state index in [0.717, 1.165) is 5.56 Å². The number of nitrogens with one attached hydrogen (secondary N) is 1. The average Bonchev–Trinajstić information content (AvgIpc) is 3.33. The Hall–Kier alpha value is -4.49. The molecule has 0 fully saturated rings. The van der Waals surface area contributed by atoms with Crippen LogP contribution in [0.4, 0.5) is 0 Å². The fourth-order valence-electron chi connectivity index (χ4n) is 2.79. The molecule has 1 amide bonds. The van der Waals surface area contributed by atoms with E-state index < -0.39 is 5.91 Å². The SMILES string of the molecule is COc1cc(C=C(C#N)C(=O)NCc2ccco2)ccc1OCc1ccccc1C#N. The zero-order valence-corrected chi connectivity index (χ0v) is 16.8. The molecule has 0 bridgehead atoms. The number of carbonyl (C=O) groups excluding carboxylic acids is 1. The Morgan fingerprint density at radius 3 is 2.68 bits per heavy atom. The Morgan fingerprint density at radius 1 is 1.13 bits per heavy atom. The highest BCUT2D eigenvalue weighted by atomic mass is 16.5. The first-order chi connectivity index (χ1) is 15.1. The Kier molecular flexibility index (Phi) is 7.07. The molecule has 0 saturated carbocycles. The van der Waals surface area contributed by atoms with E-state index in [1.165, 1.54) is 19.4 Å².